The van der Waals surface area contributed by atoms with Crippen LogP contribution in [0.15, 0.2) is 35.1 Å². The molecule has 1 aromatic heterocycles. The number of hydrogen-bond donors (Lipinski definition) is 1. The van der Waals surface area contributed by atoms with Crippen molar-refractivity contribution in [2.24, 2.45) is 0 Å². The van der Waals surface area contributed by atoms with E-state index in [1.165, 1.54) is 0 Å². The molecule has 0 radical (unpaired) electrons. The zero-order valence-electron chi connectivity index (χ0n) is 7.00. The molecule has 0 aliphatic carbocycles. The van der Waals surface area contributed by atoms with E-state index in [1.807, 2.05) is 12.1 Å². The van der Waals surface area contributed by atoms with Gasteiger partial charge in [-0.05, 0) is 34.1 Å². The molecule has 0 fully saturated rings. The second-order valence-electron chi connectivity index (χ2n) is 2.60. The second kappa shape index (κ2) is 4.02. The molecular formula is C9H6BrClN2O. The van der Waals surface area contributed by atoms with E-state index in [4.69, 9.17) is 16.3 Å². The van der Waals surface area contributed by atoms with Crippen molar-refractivity contribution in [1.82, 2.24) is 9.97 Å². The van der Waals surface area contributed by atoms with Crippen LogP contribution in [0, 0.1) is 0 Å². The van der Waals surface area contributed by atoms with Crippen molar-refractivity contribution in [2.75, 3.05) is 0 Å². The lowest BCUT2D eigenvalue weighted by Gasteiger charge is -2.00. The Morgan fingerprint density at radius 1 is 1.43 bits per heavy atom. The van der Waals surface area contributed by atoms with Crippen LogP contribution in [-0.4, -0.2) is 9.97 Å². The molecule has 0 amide bonds. The van der Waals surface area contributed by atoms with Gasteiger partial charge in [-0.3, -0.25) is 0 Å². The minimum atomic E-state index is 0.430. The first-order valence-electron chi connectivity index (χ1n) is 3.88. The Morgan fingerprint density at radius 2 is 2.29 bits per heavy atom. The zero-order valence-corrected chi connectivity index (χ0v) is 9.34. The molecule has 0 aliphatic rings. The summed E-state index contributed by atoms with van der Waals surface area (Å²) >= 11 is 9.03. The predicted octanol–water partition coefficient (Wildman–Crippen LogP) is 3.62. The largest absolute Gasteiger partial charge is 0.426 e. The van der Waals surface area contributed by atoms with Crippen LogP contribution in [0.25, 0.3) is 0 Å². The predicted molar refractivity (Wildman–Crippen MR) is 57.8 cm³/mol. The molecule has 1 heterocycles. The molecule has 72 valence electrons. The Labute approximate surface area is 94.2 Å². The van der Waals surface area contributed by atoms with E-state index in [0.29, 0.717) is 16.8 Å². The smallest absolute Gasteiger partial charge is 0.299 e. The van der Waals surface area contributed by atoms with Gasteiger partial charge >= 0.3 is 0 Å². The van der Waals surface area contributed by atoms with Crippen molar-refractivity contribution in [3.05, 3.63) is 40.1 Å². The van der Waals surface area contributed by atoms with Gasteiger partial charge in [-0.1, -0.05) is 17.7 Å². The van der Waals surface area contributed by atoms with E-state index >= 15 is 0 Å². The van der Waals surface area contributed by atoms with Crippen molar-refractivity contribution in [2.45, 2.75) is 0 Å². The van der Waals surface area contributed by atoms with E-state index in [9.17, 15) is 0 Å². The highest BCUT2D eigenvalue weighted by molar-refractivity contribution is 9.10. The van der Waals surface area contributed by atoms with Crippen molar-refractivity contribution in [3.63, 3.8) is 0 Å². The van der Waals surface area contributed by atoms with Crippen LogP contribution in [0.3, 0.4) is 0 Å². The van der Waals surface area contributed by atoms with E-state index in [1.54, 1.807) is 18.3 Å². The number of aromatic amines is 1. The molecule has 0 bridgehead atoms. The number of aromatic nitrogens is 2. The van der Waals surface area contributed by atoms with Crippen LogP contribution in [0.4, 0.5) is 0 Å². The minimum Gasteiger partial charge on any atom is -0.426 e. The third-order valence-electron chi connectivity index (χ3n) is 1.53. The monoisotopic (exact) mass is 272 g/mol. The quantitative estimate of drug-likeness (QED) is 0.907. The van der Waals surface area contributed by atoms with E-state index in [0.717, 1.165) is 4.60 Å². The number of rotatable bonds is 2. The van der Waals surface area contributed by atoms with Crippen molar-refractivity contribution >= 4 is 27.5 Å². The molecule has 1 aromatic carbocycles. The molecule has 0 atom stereocenters. The van der Waals surface area contributed by atoms with E-state index < -0.39 is 0 Å². The molecule has 0 saturated heterocycles. The van der Waals surface area contributed by atoms with Gasteiger partial charge in [0, 0.05) is 5.02 Å². The van der Waals surface area contributed by atoms with Crippen LogP contribution < -0.4 is 4.74 Å². The number of H-pyrrole nitrogens is 1. The summed E-state index contributed by atoms with van der Waals surface area (Å²) in [6.07, 6.45) is 1.62. The van der Waals surface area contributed by atoms with Gasteiger partial charge in [0.2, 0.25) is 0 Å². The Kier molecular flexibility index (Phi) is 2.74. The molecule has 2 aromatic rings. The molecule has 0 aliphatic heterocycles. The fourth-order valence-electron chi connectivity index (χ4n) is 0.976. The fraction of sp³-hybridized carbons (Fsp3) is 0. The standard InChI is InChI=1S/C9H6BrClN2O/c10-8-5-12-9(13-8)14-7-3-1-2-6(11)4-7/h1-5H,(H,12,13). The molecule has 5 heteroatoms. The number of ether oxygens (including phenoxy) is 1. The van der Waals surface area contributed by atoms with Gasteiger partial charge in [0.05, 0.1) is 6.20 Å². The molecule has 1 N–H and O–H groups in total. The average molecular weight is 274 g/mol. The SMILES string of the molecule is Clc1cccc(Oc2ncc(Br)[nH]2)c1. The van der Waals surface area contributed by atoms with Gasteiger partial charge in [-0.2, -0.15) is 0 Å². The first-order chi connectivity index (χ1) is 6.74. The van der Waals surface area contributed by atoms with Gasteiger partial charge in [-0.15, -0.1) is 0 Å². The molecule has 0 unspecified atom stereocenters. The van der Waals surface area contributed by atoms with Crippen molar-refractivity contribution in [3.8, 4) is 11.8 Å². The highest BCUT2D eigenvalue weighted by Crippen LogP contribution is 2.22. The fourth-order valence-corrected chi connectivity index (χ4v) is 1.43. The van der Waals surface area contributed by atoms with Gasteiger partial charge in [0.1, 0.15) is 10.4 Å². The van der Waals surface area contributed by atoms with Crippen LogP contribution in [-0.2, 0) is 0 Å². The topological polar surface area (TPSA) is 37.9 Å². The summed E-state index contributed by atoms with van der Waals surface area (Å²) in [5.41, 5.74) is 0. The number of halogens is 2. The van der Waals surface area contributed by atoms with Crippen molar-refractivity contribution in [1.29, 1.82) is 0 Å². The highest BCUT2D eigenvalue weighted by atomic mass is 79.9. The summed E-state index contributed by atoms with van der Waals surface area (Å²) in [4.78, 5) is 6.86. The number of nitrogens with one attached hydrogen (secondary N) is 1. The molecule has 0 spiro atoms. The van der Waals surface area contributed by atoms with Crippen LogP contribution >= 0.6 is 27.5 Å². The molecular weight excluding hydrogens is 267 g/mol. The van der Waals surface area contributed by atoms with Crippen LogP contribution in [0.2, 0.25) is 5.02 Å². The van der Waals surface area contributed by atoms with Crippen LogP contribution in [0.5, 0.6) is 11.8 Å². The van der Waals surface area contributed by atoms with Gasteiger partial charge < -0.3 is 9.72 Å². The zero-order chi connectivity index (χ0) is 9.97. The molecule has 2 rings (SSSR count). The maximum Gasteiger partial charge on any atom is 0.299 e. The Bertz CT molecular complexity index is 444. The normalized spacial score (nSPS) is 10.1. The number of benzene rings is 1. The van der Waals surface area contributed by atoms with Gasteiger partial charge in [-0.25, -0.2) is 4.98 Å². The lowest BCUT2D eigenvalue weighted by atomic mass is 10.3. The second-order valence-corrected chi connectivity index (χ2v) is 3.89. The lowest BCUT2D eigenvalue weighted by molar-refractivity contribution is 0.447. The maximum absolute atomic E-state index is 5.80. The minimum absolute atomic E-state index is 0.430. The summed E-state index contributed by atoms with van der Waals surface area (Å²) in [5, 5.41) is 0.633. The van der Waals surface area contributed by atoms with Crippen LogP contribution in [0.1, 0.15) is 0 Å². The molecule has 14 heavy (non-hydrogen) atoms. The van der Waals surface area contributed by atoms with E-state index in [-0.39, 0.29) is 0 Å². The highest BCUT2D eigenvalue weighted by Gasteiger charge is 2.01. The van der Waals surface area contributed by atoms with E-state index in [2.05, 4.69) is 25.9 Å². The van der Waals surface area contributed by atoms with Gasteiger partial charge in [0.15, 0.2) is 0 Å². The summed E-state index contributed by atoms with van der Waals surface area (Å²) in [5.74, 6) is 0.652. The summed E-state index contributed by atoms with van der Waals surface area (Å²) in [6.45, 7) is 0. The Balaban J connectivity index is 2.18. The summed E-state index contributed by atoms with van der Waals surface area (Å²) < 4.78 is 6.17. The summed E-state index contributed by atoms with van der Waals surface area (Å²) in [6, 6.07) is 7.56. The Morgan fingerprint density at radius 3 is 2.93 bits per heavy atom. The third-order valence-corrected chi connectivity index (χ3v) is 2.17. The first-order valence-corrected chi connectivity index (χ1v) is 5.05. The number of hydrogen-bond acceptors (Lipinski definition) is 2. The van der Waals surface area contributed by atoms with Gasteiger partial charge in [0.25, 0.3) is 6.01 Å². The Hall–Kier alpha value is -1.000. The number of nitrogens with zero attached hydrogens (tertiary/aromatic N) is 1. The molecule has 3 nitrogen and oxygen atoms in total. The average Bonchev–Trinajstić information content (AvgIpc) is 2.51. The molecule has 0 saturated carbocycles. The summed E-state index contributed by atoms with van der Waals surface area (Å²) in [7, 11) is 0. The third kappa shape index (κ3) is 2.27. The van der Waals surface area contributed by atoms with Crippen molar-refractivity contribution < 1.29 is 4.74 Å². The lowest BCUT2D eigenvalue weighted by Crippen LogP contribution is -1.85. The first kappa shape index (κ1) is 9.55. The number of imidazole rings is 1. The maximum atomic E-state index is 5.80.